The maximum atomic E-state index is 10.3. The summed E-state index contributed by atoms with van der Waals surface area (Å²) in [5.41, 5.74) is 0.0801. The maximum absolute atomic E-state index is 10.3. The van der Waals surface area contributed by atoms with Crippen LogP contribution in [-0.2, 0) is 16.1 Å². The molecule has 1 heterocycles. The minimum Gasteiger partial charge on any atom is -0.478 e. The summed E-state index contributed by atoms with van der Waals surface area (Å²) in [7, 11) is 0. The van der Waals surface area contributed by atoms with Gasteiger partial charge in [0.2, 0.25) is 0 Å². The number of aliphatic carboxylic acids is 1. The molecule has 0 radical (unpaired) electrons. The standard InChI is InChI=1S/C9H10O3S/c1-7(9(10)11)5-12-6-8-3-2-4-13-8/h2-4H,1,5-6H2,(H,10,11). The minimum atomic E-state index is -1.01. The SMILES string of the molecule is C=C(COCc1cccs1)C(=O)O. The van der Waals surface area contributed by atoms with Gasteiger partial charge in [-0.1, -0.05) is 12.6 Å². The molecular weight excluding hydrogens is 188 g/mol. The first-order valence-corrected chi connectivity index (χ1v) is 4.59. The van der Waals surface area contributed by atoms with Crippen molar-refractivity contribution in [3.8, 4) is 0 Å². The summed E-state index contributed by atoms with van der Waals surface area (Å²) in [6.45, 7) is 3.88. The molecule has 1 aromatic rings. The van der Waals surface area contributed by atoms with E-state index in [0.717, 1.165) is 4.88 Å². The third-order valence-electron chi connectivity index (χ3n) is 1.40. The van der Waals surface area contributed by atoms with Gasteiger partial charge >= 0.3 is 5.97 Å². The van der Waals surface area contributed by atoms with Crippen LogP contribution in [0.25, 0.3) is 0 Å². The van der Waals surface area contributed by atoms with Gasteiger partial charge in [0, 0.05) is 4.88 Å². The average molecular weight is 198 g/mol. The van der Waals surface area contributed by atoms with E-state index in [4.69, 9.17) is 9.84 Å². The van der Waals surface area contributed by atoms with Crippen LogP contribution in [0.4, 0.5) is 0 Å². The monoisotopic (exact) mass is 198 g/mol. The highest BCUT2D eigenvalue weighted by atomic mass is 32.1. The van der Waals surface area contributed by atoms with Gasteiger partial charge in [0.1, 0.15) is 0 Å². The molecule has 0 amide bonds. The fourth-order valence-corrected chi connectivity index (χ4v) is 1.37. The summed E-state index contributed by atoms with van der Waals surface area (Å²) in [5, 5.41) is 10.4. The zero-order chi connectivity index (χ0) is 9.68. The Hall–Kier alpha value is -1.13. The van der Waals surface area contributed by atoms with Crippen molar-refractivity contribution in [2.75, 3.05) is 6.61 Å². The van der Waals surface area contributed by atoms with Gasteiger partial charge in [-0.25, -0.2) is 4.79 Å². The van der Waals surface area contributed by atoms with Crippen LogP contribution in [0, 0.1) is 0 Å². The van der Waals surface area contributed by atoms with Crippen LogP contribution in [0.5, 0.6) is 0 Å². The van der Waals surface area contributed by atoms with E-state index in [2.05, 4.69) is 6.58 Å². The van der Waals surface area contributed by atoms with E-state index in [1.165, 1.54) is 0 Å². The third kappa shape index (κ3) is 3.40. The highest BCUT2D eigenvalue weighted by Gasteiger charge is 2.03. The molecule has 0 unspecified atom stereocenters. The van der Waals surface area contributed by atoms with Crippen LogP contribution >= 0.6 is 11.3 Å². The molecule has 0 aliphatic carbocycles. The van der Waals surface area contributed by atoms with E-state index in [-0.39, 0.29) is 12.2 Å². The van der Waals surface area contributed by atoms with Crippen LogP contribution < -0.4 is 0 Å². The number of hydrogen-bond donors (Lipinski definition) is 1. The molecule has 4 heteroatoms. The van der Waals surface area contributed by atoms with E-state index < -0.39 is 5.97 Å². The first kappa shape index (κ1) is 9.95. The van der Waals surface area contributed by atoms with Crippen molar-refractivity contribution in [1.82, 2.24) is 0 Å². The quantitative estimate of drug-likeness (QED) is 0.735. The molecule has 0 saturated carbocycles. The molecule has 1 rings (SSSR count). The van der Waals surface area contributed by atoms with Gasteiger partial charge in [-0.15, -0.1) is 11.3 Å². The fraction of sp³-hybridized carbons (Fsp3) is 0.222. The summed E-state index contributed by atoms with van der Waals surface area (Å²) in [6.07, 6.45) is 0. The predicted octanol–water partition coefficient (Wildman–Crippen LogP) is 1.91. The highest BCUT2D eigenvalue weighted by molar-refractivity contribution is 7.09. The number of rotatable bonds is 5. The van der Waals surface area contributed by atoms with Crippen LogP contribution in [0.15, 0.2) is 29.7 Å². The summed E-state index contributed by atoms with van der Waals surface area (Å²) in [4.78, 5) is 11.4. The largest absolute Gasteiger partial charge is 0.478 e. The molecular formula is C9H10O3S. The van der Waals surface area contributed by atoms with Crippen LogP contribution in [-0.4, -0.2) is 17.7 Å². The molecule has 3 nitrogen and oxygen atoms in total. The Bertz CT molecular complexity index is 290. The van der Waals surface area contributed by atoms with Crippen molar-refractivity contribution < 1.29 is 14.6 Å². The summed E-state index contributed by atoms with van der Waals surface area (Å²) in [5.74, 6) is -1.01. The topological polar surface area (TPSA) is 46.5 Å². The van der Waals surface area contributed by atoms with Gasteiger partial charge in [0.15, 0.2) is 0 Å². The van der Waals surface area contributed by atoms with E-state index >= 15 is 0 Å². The molecule has 0 atom stereocenters. The number of carboxylic acids is 1. The molecule has 13 heavy (non-hydrogen) atoms. The Labute approximate surface area is 80.3 Å². The first-order chi connectivity index (χ1) is 6.20. The number of carboxylic acid groups (broad SMARTS) is 1. The van der Waals surface area contributed by atoms with Gasteiger partial charge in [0.25, 0.3) is 0 Å². The molecule has 70 valence electrons. The predicted molar refractivity (Wildman–Crippen MR) is 50.8 cm³/mol. The third-order valence-corrected chi connectivity index (χ3v) is 2.25. The lowest BCUT2D eigenvalue weighted by atomic mass is 10.3. The van der Waals surface area contributed by atoms with Gasteiger partial charge in [0.05, 0.1) is 18.8 Å². The van der Waals surface area contributed by atoms with Crippen molar-refractivity contribution >= 4 is 17.3 Å². The second-order valence-corrected chi connectivity index (χ2v) is 3.51. The van der Waals surface area contributed by atoms with Crippen LogP contribution in [0.1, 0.15) is 4.88 Å². The first-order valence-electron chi connectivity index (χ1n) is 3.71. The second kappa shape index (κ2) is 4.79. The van der Waals surface area contributed by atoms with Crippen molar-refractivity contribution in [2.45, 2.75) is 6.61 Å². The lowest BCUT2D eigenvalue weighted by molar-refractivity contribution is -0.133. The Balaban J connectivity index is 2.22. The molecule has 0 aliphatic heterocycles. The Morgan fingerprint density at radius 2 is 2.46 bits per heavy atom. The minimum absolute atomic E-state index is 0.0766. The van der Waals surface area contributed by atoms with Crippen molar-refractivity contribution in [3.05, 3.63) is 34.5 Å². The van der Waals surface area contributed by atoms with Gasteiger partial charge < -0.3 is 9.84 Å². The Morgan fingerprint density at radius 3 is 3.00 bits per heavy atom. The smallest absolute Gasteiger partial charge is 0.333 e. The van der Waals surface area contributed by atoms with Crippen LogP contribution in [0.3, 0.4) is 0 Å². The normalized spacial score (nSPS) is 9.85. The number of hydrogen-bond acceptors (Lipinski definition) is 3. The Kier molecular flexibility index (Phi) is 3.67. The lowest BCUT2D eigenvalue weighted by Crippen LogP contribution is -2.06. The number of carbonyl (C=O) groups is 1. The molecule has 0 aliphatic rings. The lowest BCUT2D eigenvalue weighted by Gasteiger charge is -2.01. The molecule has 0 bridgehead atoms. The zero-order valence-corrected chi connectivity index (χ0v) is 7.84. The summed E-state index contributed by atoms with van der Waals surface area (Å²) in [6, 6.07) is 3.86. The number of thiophene rings is 1. The molecule has 0 aromatic carbocycles. The van der Waals surface area contributed by atoms with Gasteiger partial charge in [-0.3, -0.25) is 0 Å². The molecule has 0 spiro atoms. The van der Waals surface area contributed by atoms with Crippen molar-refractivity contribution in [2.24, 2.45) is 0 Å². The Morgan fingerprint density at radius 1 is 1.69 bits per heavy atom. The van der Waals surface area contributed by atoms with Crippen molar-refractivity contribution in [1.29, 1.82) is 0 Å². The average Bonchev–Trinajstić information content (AvgIpc) is 2.56. The van der Waals surface area contributed by atoms with Gasteiger partial charge in [-0.05, 0) is 11.4 Å². The highest BCUT2D eigenvalue weighted by Crippen LogP contribution is 2.09. The van der Waals surface area contributed by atoms with Crippen molar-refractivity contribution in [3.63, 3.8) is 0 Å². The molecule has 1 aromatic heterocycles. The summed E-state index contributed by atoms with van der Waals surface area (Å²) < 4.78 is 5.13. The molecule has 1 N–H and O–H groups in total. The number of ether oxygens (including phenoxy) is 1. The fourth-order valence-electron chi connectivity index (χ4n) is 0.731. The van der Waals surface area contributed by atoms with E-state index in [1.54, 1.807) is 11.3 Å². The van der Waals surface area contributed by atoms with E-state index in [9.17, 15) is 4.79 Å². The molecule has 0 saturated heterocycles. The van der Waals surface area contributed by atoms with E-state index in [1.807, 2.05) is 17.5 Å². The van der Waals surface area contributed by atoms with Gasteiger partial charge in [-0.2, -0.15) is 0 Å². The molecule has 0 fully saturated rings. The zero-order valence-electron chi connectivity index (χ0n) is 7.03. The maximum Gasteiger partial charge on any atom is 0.333 e. The second-order valence-electron chi connectivity index (χ2n) is 2.48. The van der Waals surface area contributed by atoms with E-state index in [0.29, 0.717) is 6.61 Å². The summed E-state index contributed by atoms with van der Waals surface area (Å²) >= 11 is 1.58. The van der Waals surface area contributed by atoms with Crippen LogP contribution in [0.2, 0.25) is 0 Å².